The summed E-state index contributed by atoms with van der Waals surface area (Å²) in [6.45, 7) is 4.86. The van der Waals surface area contributed by atoms with Crippen molar-refractivity contribution in [2.45, 2.75) is 6.54 Å². The van der Waals surface area contributed by atoms with E-state index < -0.39 is 4.92 Å². The fourth-order valence-electron chi connectivity index (χ4n) is 3.03. The molecule has 8 heteroatoms. The Morgan fingerprint density at radius 1 is 1.11 bits per heavy atom. The molecule has 1 heterocycles. The molecule has 0 radical (unpaired) electrons. The molecule has 0 bridgehead atoms. The van der Waals surface area contributed by atoms with Crippen molar-refractivity contribution in [1.29, 1.82) is 0 Å². The highest BCUT2D eigenvalue weighted by Gasteiger charge is 2.16. The van der Waals surface area contributed by atoms with E-state index in [2.05, 4.69) is 22.2 Å². The number of ether oxygens (including phenoxy) is 1. The minimum absolute atomic E-state index is 0.0742. The lowest BCUT2D eigenvalue weighted by Crippen LogP contribution is -2.43. The summed E-state index contributed by atoms with van der Waals surface area (Å²) in [6.07, 6.45) is 0. The van der Waals surface area contributed by atoms with Crippen LogP contribution in [0.15, 0.2) is 48.5 Å². The van der Waals surface area contributed by atoms with Crippen molar-refractivity contribution < 1.29 is 14.5 Å². The molecule has 1 amide bonds. The van der Waals surface area contributed by atoms with Crippen molar-refractivity contribution in [2.75, 3.05) is 45.2 Å². The van der Waals surface area contributed by atoms with Gasteiger partial charge < -0.3 is 15.0 Å². The number of likely N-dealkylation sites (N-methyl/N-ethyl adjacent to an activating group) is 1. The molecule has 8 nitrogen and oxygen atoms in total. The zero-order chi connectivity index (χ0) is 19.9. The summed E-state index contributed by atoms with van der Waals surface area (Å²) >= 11 is 0. The van der Waals surface area contributed by atoms with E-state index >= 15 is 0 Å². The first kappa shape index (κ1) is 19.8. The normalized spacial score (nSPS) is 15.2. The average Bonchev–Trinajstić information content (AvgIpc) is 2.70. The van der Waals surface area contributed by atoms with E-state index in [4.69, 9.17) is 4.74 Å². The van der Waals surface area contributed by atoms with Crippen LogP contribution < -0.4 is 10.1 Å². The Morgan fingerprint density at radius 2 is 1.79 bits per heavy atom. The molecule has 0 aliphatic carbocycles. The van der Waals surface area contributed by atoms with E-state index in [0.29, 0.717) is 5.69 Å². The molecule has 148 valence electrons. The second-order valence-corrected chi connectivity index (χ2v) is 6.84. The fourth-order valence-corrected chi connectivity index (χ4v) is 3.03. The molecular weight excluding hydrogens is 360 g/mol. The third-order valence-corrected chi connectivity index (χ3v) is 4.66. The zero-order valence-electron chi connectivity index (χ0n) is 15.8. The number of carbonyl (C=O) groups excluding carboxylic acids is 1. The number of hydrogen-bond acceptors (Lipinski definition) is 6. The van der Waals surface area contributed by atoms with E-state index in [1.54, 1.807) is 12.1 Å². The molecular formula is C20H24N4O4. The van der Waals surface area contributed by atoms with Crippen LogP contribution in [0.1, 0.15) is 5.56 Å². The predicted octanol–water partition coefficient (Wildman–Crippen LogP) is 2.36. The van der Waals surface area contributed by atoms with Gasteiger partial charge in [-0.15, -0.1) is 0 Å². The number of nitro benzene ring substituents is 1. The summed E-state index contributed by atoms with van der Waals surface area (Å²) in [6, 6.07) is 13.7. The van der Waals surface area contributed by atoms with E-state index in [9.17, 15) is 14.9 Å². The number of anilines is 1. The third-order valence-electron chi connectivity index (χ3n) is 4.66. The Labute approximate surface area is 163 Å². The van der Waals surface area contributed by atoms with E-state index in [1.165, 1.54) is 17.7 Å². The highest BCUT2D eigenvalue weighted by atomic mass is 16.6. The predicted molar refractivity (Wildman–Crippen MR) is 106 cm³/mol. The highest BCUT2D eigenvalue weighted by molar-refractivity contribution is 5.91. The lowest BCUT2D eigenvalue weighted by Gasteiger charge is -2.32. The van der Waals surface area contributed by atoms with Gasteiger partial charge in [0, 0.05) is 44.5 Å². The van der Waals surface area contributed by atoms with Crippen LogP contribution >= 0.6 is 0 Å². The Balaban J connectivity index is 1.49. The average molecular weight is 384 g/mol. The second-order valence-electron chi connectivity index (χ2n) is 6.84. The van der Waals surface area contributed by atoms with Crippen molar-refractivity contribution in [3.8, 4) is 5.75 Å². The van der Waals surface area contributed by atoms with Gasteiger partial charge in [0.05, 0.1) is 4.92 Å². The van der Waals surface area contributed by atoms with Gasteiger partial charge in [-0.2, -0.15) is 0 Å². The molecule has 2 aromatic rings. The van der Waals surface area contributed by atoms with E-state index in [1.807, 2.05) is 24.3 Å². The second kappa shape index (κ2) is 9.29. The zero-order valence-corrected chi connectivity index (χ0v) is 15.8. The van der Waals surface area contributed by atoms with Crippen molar-refractivity contribution >= 4 is 17.3 Å². The van der Waals surface area contributed by atoms with Crippen molar-refractivity contribution in [2.24, 2.45) is 0 Å². The van der Waals surface area contributed by atoms with Crippen LogP contribution in [-0.4, -0.2) is 60.5 Å². The molecule has 3 rings (SSSR count). The number of carbonyl (C=O) groups is 1. The molecule has 1 N–H and O–H groups in total. The number of para-hydroxylation sites is 2. The van der Waals surface area contributed by atoms with Crippen molar-refractivity contribution in [3.05, 3.63) is 64.2 Å². The first-order valence-electron chi connectivity index (χ1n) is 9.17. The lowest BCUT2D eigenvalue weighted by molar-refractivity contribution is -0.385. The Morgan fingerprint density at radius 3 is 2.46 bits per heavy atom. The van der Waals surface area contributed by atoms with Gasteiger partial charge >= 0.3 is 5.69 Å². The molecule has 1 fully saturated rings. The van der Waals surface area contributed by atoms with Crippen LogP contribution in [-0.2, 0) is 11.3 Å². The SMILES string of the molecule is CN1CCN(Cc2ccc(NC(=O)COc3ccccc3[N+](=O)[O-])cc2)CC1. The number of amides is 1. The smallest absolute Gasteiger partial charge is 0.310 e. The molecule has 1 aliphatic rings. The summed E-state index contributed by atoms with van der Waals surface area (Å²) in [5.41, 5.74) is 1.69. The van der Waals surface area contributed by atoms with Crippen molar-refractivity contribution in [1.82, 2.24) is 9.80 Å². The number of nitrogens with zero attached hydrogens (tertiary/aromatic N) is 3. The number of piperazine rings is 1. The Kier molecular flexibility index (Phi) is 6.57. The lowest BCUT2D eigenvalue weighted by atomic mass is 10.2. The maximum Gasteiger partial charge on any atom is 0.310 e. The molecule has 0 atom stereocenters. The van der Waals surface area contributed by atoms with Crippen LogP contribution in [0, 0.1) is 10.1 Å². The van der Waals surface area contributed by atoms with Gasteiger partial charge in [-0.25, -0.2) is 0 Å². The van der Waals surface area contributed by atoms with Gasteiger partial charge in [-0.05, 0) is 30.8 Å². The molecule has 28 heavy (non-hydrogen) atoms. The summed E-state index contributed by atoms with van der Waals surface area (Å²) in [5.74, 6) is -0.296. The van der Waals surface area contributed by atoms with Gasteiger partial charge in [0.15, 0.2) is 12.4 Å². The van der Waals surface area contributed by atoms with Gasteiger partial charge in [-0.1, -0.05) is 24.3 Å². The summed E-state index contributed by atoms with van der Waals surface area (Å²) < 4.78 is 5.30. The summed E-state index contributed by atoms with van der Waals surface area (Å²) in [7, 11) is 2.13. The molecule has 1 aliphatic heterocycles. The van der Waals surface area contributed by atoms with Gasteiger partial charge in [0.1, 0.15) is 0 Å². The van der Waals surface area contributed by atoms with E-state index in [0.717, 1.165) is 32.7 Å². The van der Waals surface area contributed by atoms with Crippen LogP contribution in [0.5, 0.6) is 5.75 Å². The molecule has 0 aromatic heterocycles. The number of nitro groups is 1. The highest BCUT2D eigenvalue weighted by Crippen LogP contribution is 2.25. The monoisotopic (exact) mass is 384 g/mol. The summed E-state index contributed by atoms with van der Waals surface area (Å²) in [5, 5.41) is 13.7. The minimum atomic E-state index is -0.535. The molecule has 0 spiro atoms. The van der Waals surface area contributed by atoms with Gasteiger partial charge in [0.2, 0.25) is 0 Å². The number of benzene rings is 2. The Hall–Kier alpha value is -2.97. The van der Waals surface area contributed by atoms with Crippen molar-refractivity contribution in [3.63, 3.8) is 0 Å². The number of nitrogens with one attached hydrogen (secondary N) is 1. The fraction of sp³-hybridized carbons (Fsp3) is 0.350. The van der Waals surface area contributed by atoms with Crippen LogP contribution in [0.2, 0.25) is 0 Å². The summed E-state index contributed by atoms with van der Waals surface area (Å²) in [4.78, 5) is 27.2. The van der Waals surface area contributed by atoms with E-state index in [-0.39, 0.29) is 24.0 Å². The first-order chi connectivity index (χ1) is 13.5. The minimum Gasteiger partial charge on any atom is -0.477 e. The Bertz CT molecular complexity index is 817. The molecule has 1 saturated heterocycles. The standard InChI is InChI=1S/C20H24N4O4/c1-22-10-12-23(13-11-22)14-16-6-8-17(9-7-16)21-20(25)15-28-19-5-3-2-4-18(19)24(26)27/h2-9H,10-15H2,1H3,(H,21,25). The largest absolute Gasteiger partial charge is 0.477 e. The first-order valence-corrected chi connectivity index (χ1v) is 9.17. The maximum atomic E-state index is 12.1. The third kappa shape index (κ3) is 5.51. The van der Waals surface area contributed by atoms with Crippen LogP contribution in [0.25, 0.3) is 0 Å². The maximum absolute atomic E-state index is 12.1. The molecule has 0 unspecified atom stereocenters. The van der Waals surface area contributed by atoms with Gasteiger partial charge in [-0.3, -0.25) is 19.8 Å². The van der Waals surface area contributed by atoms with Crippen LogP contribution in [0.3, 0.4) is 0 Å². The topological polar surface area (TPSA) is 88.0 Å². The van der Waals surface area contributed by atoms with Gasteiger partial charge in [0.25, 0.3) is 5.91 Å². The molecule has 0 saturated carbocycles. The quantitative estimate of drug-likeness (QED) is 0.582. The number of hydrogen-bond donors (Lipinski definition) is 1. The number of rotatable bonds is 7. The molecule has 2 aromatic carbocycles. The van der Waals surface area contributed by atoms with Crippen LogP contribution in [0.4, 0.5) is 11.4 Å².